The molecule has 1 heterocycles. The zero-order valence-corrected chi connectivity index (χ0v) is 13.8. The number of carbonyl (C=O) groups excluding carboxylic acids is 1. The number of halogens is 2. The Morgan fingerprint density at radius 1 is 1.29 bits per heavy atom. The van der Waals surface area contributed by atoms with Crippen molar-refractivity contribution < 1.29 is 4.79 Å². The number of likely N-dealkylation sites (N-methyl/N-ethyl adjacent to an activating group) is 1. The number of amides is 1. The molecule has 1 aromatic rings. The molecule has 108 valence electrons. The molecular weight excluding hydrogens is 352 g/mol. The molecule has 0 spiro atoms. The maximum atomic E-state index is 12.3. The third-order valence-electron chi connectivity index (χ3n) is 3.80. The average Bonchev–Trinajstić information content (AvgIpc) is 2.59. The predicted molar refractivity (Wildman–Crippen MR) is 88.8 cm³/mol. The summed E-state index contributed by atoms with van der Waals surface area (Å²) < 4.78 is 0. The Morgan fingerprint density at radius 2 is 2.00 bits per heavy atom. The number of allylic oxidation sites excluding steroid dienone is 2. The van der Waals surface area contributed by atoms with Crippen molar-refractivity contribution in [3.8, 4) is 0 Å². The Kier molecular flexibility index (Phi) is 4.00. The minimum atomic E-state index is -0.566. The van der Waals surface area contributed by atoms with Gasteiger partial charge in [-0.3, -0.25) is 9.79 Å². The zero-order valence-electron chi connectivity index (χ0n) is 11.4. The number of hydrogen-bond acceptors (Lipinski definition) is 2. The molecular formula is C16H14BrClN2O. The van der Waals surface area contributed by atoms with E-state index in [2.05, 4.69) is 20.9 Å². The summed E-state index contributed by atoms with van der Waals surface area (Å²) in [4.78, 5) is 18.1. The number of aliphatic imine (C=N–C) groups is 1. The van der Waals surface area contributed by atoms with Crippen molar-refractivity contribution in [2.24, 2.45) is 10.9 Å². The summed E-state index contributed by atoms with van der Waals surface area (Å²) in [6, 6.07) is 9.84. The Hall–Kier alpha value is -1.39. The van der Waals surface area contributed by atoms with Crippen molar-refractivity contribution in [2.45, 2.75) is 11.0 Å². The number of alkyl halides is 1. The second-order valence-corrected chi connectivity index (χ2v) is 6.40. The van der Waals surface area contributed by atoms with Gasteiger partial charge in [-0.2, -0.15) is 0 Å². The first kappa shape index (κ1) is 14.5. The molecule has 0 saturated heterocycles. The molecule has 3 atom stereocenters. The second kappa shape index (κ2) is 5.78. The summed E-state index contributed by atoms with van der Waals surface area (Å²) in [5.41, 5.74) is 1.89. The fourth-order valence-corrected chi connectivity index (χ4v) is 3.45. The quantitative estimate of drug-likeness (QED) is 0.555. The Bertz CT molecular complexity index is 654. The van der Waals surface area contributed by atoms with Gasteiger partial charge in [0.25, 0.3) is 5.91 Å². The molecule has 1 aliphatic heterocycles. The second-order valence-electron chi connectivity index (χ2n) is 5.09. The van der Waals surface area contributed by atoms with Gasteiger partial charge < -0.3 is 4.90 Å². The van der Waals surface area contributed by atoms with Gasteiger partial charge in [-0.05, 0) is 11.6 Å². The highest BCUT2D eigenvalue weighted by Gasteiger charge is 2.37. The van der Waals surface area contributed by atoms with Crippen LogP contribution in [0.4, 0.5) is 0 Å². The SMILES string of the molecule is CN1C(=O)C(Br)N=C(c2ccccc2)C2C=C(Cl)C=CC21. The summed E-state index contributed by atoms with van der Waals surface area (Å²) in [5.74, 6) is -0.0894. The van der Waals surface area contributed by atoms with Crippen LogP contribution in [0.2, 0.25) is 0 Å². The maximum Gasteiger partial charge on any atom is 0.258 e. The molecule has 5 heteroatoms. The van der Waals surface area contributed by atoms with Gasteiger partial charge in [0.1, 0.15) is 0 Å². The molecule has 3 nitrogen and oxygen atoms in total. The molecule has 0 radical (unpaired) electrons. The van der Waals surface area contributed by atoms with Crippen LogP contribution < -0.4 is 0 Å². The van der Waals surface area contributed by atoms with Crippen LogP contribution >= 0.6 is 27.5 Å². The summed E-state index contributed by atoms with van der Waals surface area (Å²) in [5, 5.41) is 0.675. The van der Waals surface area contributed by atoms with Crippen molar-refractivity contribution in [3.05, 3.63) is 59.2 Å². The van der Waals surface area contributed by atoms with Crippen LogP contribution in [0.1, 0.15) is 5.56 Å². The van der Waals surface area contributed by atoms with E-state index in [1.807, 2.05) is 48.6 Å². The van der Waals surface area contributed by atoms with Gasteiger partial charge in [-0.15, -0.1) is 0 Å². The monoisotopic (exact) mass is 364 g/mol. The van der Waals surface area contributed by atoms with E-state index in [4.69, 9.17) is 11.6 Å². The van der Waals surface area contributed by atoms with E-state index in [9.17, 15) is 4.79 Å². The van der Waals surface area contributed by atoms with Gasteiger partial charge >= 0.3 is 0 Å². The number of benzene rings is 1. The van der Waals surface area contributed by atoms with Crippen LogP contribution in [0, 0.1) is 5.92 Å². The van der Waals surface area contributed by atoms with Gasteiger partial charge in [0.2, 0.25) is 0 Å². The summed E-state index contributed by atoms with van der Waals surface area (Å²) in [6.07, 6.45) is 5.77. The van der Waals surface area contributed by atoms with Crippen LogP contribution in [-0.4, -0.2) is 34.6 Å². The number of rotatable bonds is 1. The van der Waals surface area contributed by atoms with E-state index in [-0.39, 0.29) is 17.9 Å². The first-order valence-corrected chi connectivity index (χ1v) is 7.96. The Morgan fingerprint density at radius 3 is 2.71 bits per heavy atom. The first-order chi connectivity index (χ1) is 10.1. The lowest BCUT2D eigenvalue weighted by molar-refractivity contribution is -0.130. The summed E-state index contributed by atoms with van der Waals surface area (Å²) >= 11 is 9.54. The summed E-state index contributed by atoms with van der Waals surface area (Å²) in [6.45, 7) is 0. The zero-order chi connectivity index (χ0) is 15.0. The molecule has 0 fully saturated rings. The van der Waals surface area contributed by atoms with E-state index < -0.39 is 4.95 Å². The molecule has 0 N–H and O–H groups in total. The lowest BCUT2D eigenvalue weighted by atomic mass is 9.86. The number of carbonyl (C=O) groups is 1. The largest absolute Gasteiger partial charge is 0.336 e. The van der Waals surface area contributed by atoms with Gasteiger partial charge in [0, 0.05) is 18.0 Å². The first-order valence-electron chi connectivity index (χ1n) is 6.67. The van der Waals surface area contributed by atoms with E-state index in [1.54, 1.807) is 11.9 Å². The van der Waals surface area contributed by atoms with Crippen molar-refractivity contribution in [2.75, 3.05) is 7.05 Å². The van der Waals surface area contributed by atoms with Crippen molar-refractivity contribution in [3.63, 3.8) is 0 Å². The standard InChI is InChI=1S/C16H14BrClN2O/c1-20-13-8-7-11(18)9-12(13)14(19-15(17)16(20)21)10-5-3-2-4-6-10/h2-9,12-13,15H,1H3. The molecule has 21 heavy (non-hydrogen) atoms. The normalized spacial score (nSPS) is 28.6. The topological polar surface area (TPSA) is 32.7 Å². The van der Waals surface area contributed by atoms with Crippen LogP contribution in [0.25, 0.3) is 0 Å². The third-order valence-corrected chi connectivity index (χ3v) is 4.64. The lowest BCUT2D eigenvalue weighted by Gasteiger charge is -2.31. The van der Waals surface area contributed by atoms with Gasteiger partial charge in [-0.25, -0.2) is 0 Å². The van der Waals surface area contributed by atoms with E-state index in [0.717, 1.165) is 11.3 Å². The van der Waals surface area contributed by atoms with Crippen molar-refractivity contribution >= 4 is 39.1 Å². The van der Waals surface area contributed by atoms with E-state index >= 15 is 0 Å². The molecule has 3 rings (SSSR count). The molecule has 3 unspecified atom stereocenters. The highest BCUT2D eigenvalue weighted by molar-refractivity contribution is 9.10. The Labute approximate surface area is 137 Å². The number of nitrogens with zero attached hydrogens (tertiary/aromatic N) is 2. The maximum absolute atomic E-state index is 12.3. The molecule has 1 aromatic carbocycles. The number of fused-ring (bicyclic) bond motifs is 1. The molecule has 0 saturated carbocycles. The highest BCUT2D eigenvalue weighted by Crippen LogP contribution is 2.31. The highest BCUT2D eigenvalue weighted by atomic mass is 79.9. The number of hydrogen-bond donors (Lipinski definition) is 0. The molecule has 1 amide bonds. The van der Waals surface area contributed by atoms with Crippen molar-refractivity contribution in [1.29, 1.82) is 0 Å². The molecule has 2 aliphatic rings. The van der Waals surface area contributed by atoms with E-state index in [0.29, 0.717) is 5.03 Å². The minimum absolute atomic E-state index is 0.0404. The molecule has 1 aliphatic carbocycles. The van der Waals surface area contributed by atoms with Crippen LogP contribution in [0.5, 0.6) is 0 Å². The van der Waals surface area contributed by atoms with Gasteiger partial charge in [0.05, 0.1) is 11.8 Å². The Balaban J connectivity index is 2.13. The smallest absolute Gasteiger partial charge is 0.258 e. The lowest BCUT2D eigenvalue weighted by Crippen LogP contribution is -2.43. The van der Waals surface area contributed by atoms with Crippen LogP contribution in [-0.2, 0) is 4.79 Å². The fourth-order valence-electron chi connectivity index (χ4n) is 2.70. The van der Waals surface area contributed by atoms with Gasteiger partial charge in [-0.1, -0.05) is 70.0 Å². The van der Waals surface area contributed by atoms with E-state index in [1.165, 1.54) is 0 Å². The molecule has 0 aromatic heterocycles. The summed E-state index contributed by atoms with van der Waals surface area (Å²) in [7, 11) is 1.80. The fraction of sp³-hybridized carbons (Fsp3) is 0.250. The average molecular weight is 366 g/mol. The molecule has 0 bridgehead atoms. The van der Waals surface area contributed by atoms with Crippen LogP contribution in [0.3, 0.4) is 0 Å². The van der Waals surface area contributed by atoms with Crippen LogP contribution in [0.15, 0.2) is 58.6 Å². The predicted octanol–water partition coefficient (Wildman–Crippen LogP) is 3.35. The van der Waals surface area contributed by atoms with Crippen molar-refractivity contribution in [1.82, 2.24) is 4.90 Å². The minimum Gasteiger partial charge on any atom is -0.336 e. The third kappa shape index (κ3) is 2.70. The van der Waals surface area contributed by atoms with Gasteiger partial charge in [0.15, 0.2) is 4.95 Å².